The van der Waals surface area contributed by atoms with Crippen molar-refractivity contribution in [1.82, 2.24) is 0 Å². The molecule has 2 heteroatoms. The molecule has 1 aromatic carbocycles. The van der Waals surface area contributed by atoms with Crippen LogP contribution in [0.15, 0.2) is 12.1 Å². The van der Waals surface area contributed by atoms with Gasteiger partial charge in [-0.3, -0.25) is 0 Å². The Hall–Kier alpha value is -1.18. The van der Waals surface area contributed by atoms with Crippen LogP contribution in [0.1, 0.15) is 70.4 Å². The van der Waals surface area contributed by atoms with Crippen LogP contribution in [0.25, 0.3) is 0 Å². The van der Waals surface area contributed by atoms with Gasteiger partial charge in [0.15, 0.2) is 0 Å². The zero-order valence-electron chi connectivity index (χ0n) is 13.3. The standard InChI is InChI=1S/C18H30O2/c1-4-7-9-14(6-3)11-16-13-17(19)15(10-8-5-2)12-18(16)20/h12-14,19-20H,4-11H2,1-3H3. The van der Waals surface area contributed by atoms with Gasteiger partial charge in [-0.1, -0.05) is 52.9 Å². The van der Waals surface area contributed by atoms with Gasteiger partial charge in [0.1, 0.15) is 11.5 Å². The molecule has 1 unspecified atom stereocenters. The Morgan fingerprint density at radius 3 is 2.10 bits per heavy atom. The molecule has 0 heterocycles. The first-order chi connectivity index (χ1) is 9.62. The predicted molar refractivity (Wildman–Crippen MR) is 85.4 cm³/mol. The number of aryl methyl sites for hydroxylation is 1. The molecule has 0 saturated heterocycles. The Bertz CT molecular complexity index is 399. The van der Waals surface area contributed by atoms with Gasteiger partial charge in [-0.05, 0) is 48.4 Å². The first-order valence-electron chi connectivity index (χ1n) is 8.16. The zero-order valence-corrected chi connectivity index (χ0v) is 13.3. The van der Waals surface area contributed by atoms with Crippen LogP contribution in [0.5, 0.6) is 11.5 Å². The molecule has 0 saturated carbocycles. The number of benzene rings is 1. The summed E-state index contributed by atoms with van der Waals surface area (Å²) in [4.78, 5) is 0. The summed E-state index contributed by atoms with van der Waals surface area (Å²) in [5.74, 6) is 1.29. The maximum absolute atomic E-state index is 10.2. The Balaban J connectivity index is 2.77. The van der Waals surface area contributed by atoms with Gasteiger partial charge in [-0.25, -0.2) is 0 Å². The number of aromatic hydroxyl groups is 2. The van der Waals surface area contributed by atoms with Crippen molar-refractivity contribution >= 4 is 0 Å². The monoisotopic (exact) mass is 278 g/mol. The van der Waals surface area contributed by atoms with E-state index in [-0.39, 0.29) is 0 Å². The zero-order chi connectivity index (χ0) is 15.0. The number of phenols is 2. The summed E-state index contributed by atoms with van der Waals surface area (Å²) in [7, 11) is 0. The fraction of sp³-hybridized carbons (Fsp3) is 0.667. The van der Waals surface area contributed by atoms with E-state index in [0.717, 1.165) is 43.2 Å². The second kappa shape index (κ2) is 8.89. The van der Waals surface area contributed by atoms with Gasteiger partial charge in [-0.2, -0.15) is 0 Å². The van der Waals surface area contributed by atoms with Crippen molar-refractivity contribution in [3.05, 3.63) is 23.3 Å². The third-order valence-corrected chi connectivity index (χ3v) is 4.13. The van der Waals surface area contributed by atoms with Gasteiger partial charge in [0.2, 0.25) is 0 Å². The Kier molecular flexibility index (Phi) is 7.50. The third kappa shape index (κ3) is 5.07. The molecule has 0 aliphatic heterocycles. The van der Waals surface area contributed by atoms with E-state index in [1.54, 1.807) is 12.1 Å². The summed E-state index contributed by atoms with van der Waals surface area (Å²) in [6.07, 6.45) is 8.61. The molecule has 2 nitrogen and oxygen atoms in total. The highest BCUT2D eigenvalue weighted by Gasteiger charge is 2.13. The van der Waals surface area contributed by atoms with Crippen LogP contribution in [0, 0.1) is 5.92 Å². The Labute approximate surface area is 123 Å². The van der Waals surface area contributed by atoms with E-state index in [1.165, 1.54) is 19.3 Å². The van der Waals surface area contributed by atoms with Gasteiger partial charge in [-0.15, -0.1) is 0 Å². The van der Waals surface area contributed by atoms with Crippen molar-refractivity contribution in [3.63, 3.8) is 0 Å². The van der Waals surface area contributed by atoms with Crippen LogP contribution >= 0.6 is 0 Å². The van der Waals surface area contributed by atoms with E-state index in [4.69, 9.17) is 0 Å². The lowest BCUT2D eigenvalue weighted by Gasteiger charge is -2.16. The average molecular weight is 278 g/mol. The van der Waals surface area contributed by atoms with Crippen molar-refractivity contribution in [2.45, 2.75) is 72.1 Å². The minimum atomic E-state index is 0.344. The van der Waals surface area contributed by atoms with Crippen molar-refractivity contribution in [3.8, 4) is 11.5 Å². The maximum Gasteiger partial charge on any atom is 0.119 e. The van der Waals surface area contributed by atoms with E-state index >= 15 is 0 Å². The lowest BCUT2D eigenvalue weighted by Crippen LogP contribution is -2.04. The fourth-order valence-electron chi connectivity index (χ4n) is 2.65. The minimum Gasteiger partial charge on any atom is -0.508 e. The highest BCUT2D eigenvalue weighted by molar-refractivity contribution is 5.45. The fourth-order valence-corrected chi connectivity index (χ4v) is 2.65. The third-order valence-electron chi connectivity index (χ3n) is 4.13. The summed E-state index contributed by atoms with van der Waals surface area (Å²) in [5, 5.41) is 20.3. The normalized spacial score (nSPS) is 12.6. The van der Waals surface area contributed by atoms with E-state index in [1.807, 2.05) is 0 Å². The first kappa shape index (κ1) is 16.9. The smallest absolute Gasteiger partial charge is 0.119 e. The molecule has 1 aromatic rings. The minimum absolute atomic E-state index is 0.344. The van der Waals surface area contributed by atoms with Crippen LogP contribution in [0.4, 0.5) is 0 Å². The van der Waals surface area contributed by atoms with Gasteiger partial charge >= 0.3 is 0 Å². The molecule has 1 rings (SSSR count). The second-order valence-corrected chi connectivity index (χ2v) is 5.83. The second-order valence-electron chi connectivity index (χ2n) is 5.83. The summed E-state index contributed by atoms with van der Waals surface area (Å²) >= 11 is 0. The molecule has 0 fully saturated rings. The summed E-state index contributed by atoms with van der Waals surface area (Å²) in [6.45, 7) is 6.54. The molecule has 0 spiro atoms. The van der Waals surface area contributed by atoms with Crippen LogP contribution in [0.3, 0.4) is 0 Å². The largest absolute Gasteiger partial charge is 0.508 e. The van der Waals surface area contributed by atoms with Crippen LogP contribution < -0.4 is 0 Å². The van der Waals surface area contributed by atoms with E-state index in [9.17, 15) is 10.2 Å². The maximum atomic E-state index is 10.2. The van der Waals surface area contributed by atoms with Crippen molar-refractivity contribution < 1.29 is 10.2 Å². The molecule has 20 heavy (non-hydrogen) atoms. The number of hydrogen-bond acceptors (Lipinski definition) is 2. The number of phenolic OH excluding ortho intramolecular Hbond substituents is 2. The molecule has 0 aliphatic carbocycles. The van der Waals surface area contributed by atoms with Gasteiger partial charge in [0, 0.05) is 0 Å². The highest BCUT2D eigenvalue weighted by atomic mass is 16.3. The summed E-state index contributed by atoms with van der Waals surface area (Å²) in [5.41, 5.74) is 1.76. The molecular formula is C18H30O2. The predicted octanol–water partition coefficient (Wildman–Crippen LogP) is 5.20. The molecule has 1 atom stereocenters. The lowest BCUT2D eigenvalue weighted by atomic mass is 9.90. The first-order valence-corrected chi connectivity index (χ1v) is 8.16. The Morgan fingerprint density at radius 2 is 1.50 bits per heavy atom. The van der Waals surface area contributed by atoms with E-state index in [0.29, 0.717) is 17.4 Å². The molecule has 0 aliphatic rings. The quantitative estimate of drug-likeness (QED) is 0.609. The molecular weight excluding hydrogens is 248 g/mol. The van der Waals surface area contributed by atoms with Crippen molar-refractivity contribution in [2.75, 3.05) is 0 Å². The summed E-state index contributed by atoms with van der Waals surface area (Å²) < 4.78 is 0. The number of unbranched alkanes of at least 4 members (excludes halogenated alkanes) is 2. The van der Waals surface area contributed by atoms with E-state index in [2.05, 4.69) is 20.8 Å². The molecule has 0 bridgehead atoms. The van der Waals surface area contributed by atoms with Crippen molar-refractivity contribution in [1.29, 1.82) is 0 Å². The van der Waals surface area contributed by atoms with Gasteiger partial charge in [0.05, 0.1) is 0 Å². The van der Waals surface area contributed by atoms with Crippen LogP contribution in [-0.4, -0.2) is 10.2 Å². The molecule has 0 radical (unpaired) electrons. The Morgan fingerprint density at radius 1 is 0.900 bits per heavy atom. The lowest BCUT2D eigenvalue weighted by molar-refractivity contribution is 0.419. The topological polar surface area (TPSA) is 40.5 Å². The van der Waals surface area contributed by atoms with Crippen LogP contribution in [-0.2, 0) is 12.8 Å². The van der Waals surface area contributed by atoms with Crippen molar-refractivity contribution in [2.24, 2.45) is 5.92 Å². The van der Waals surface area contributed by atoms with Crippen LogP contribution in [0.2, 0.25) is 0 Å². The number of hydrogen-bond donors (Lipinski definition) is 2. The molecule has 114 valence electrons. The molecule has 0 amide bonds. The van der Waals surface area contributed by atoms with Gasteiger partial charge < -0.3 is 10.2 Å². The van der Waals surface area contributed by atoms with E-state index < -0.39 is 0 Å². The highest BCUT2D eigenvalue weighted by Crippen LogP contribution is 2.31. The summed E-state index contributed by atoms with van der Waals surface area (Å²) in [6, 6.07) is 3.53. The number of rotatable bonds is 9. The molecule has 2 N–H and O–H groups in total. The SMILES string of the molecule is CCCCc1cc(O)c(CC(CC)CCCC)cc1O. The average Bonchev–Trinajstić information content (AvgIpc) is 2.45. The molecule has 0 aromatic heterocycles. The van der Waals surface area contributed by atoms with Gasteiger partial charge in [0.25, 0.3) is 0 Å².